The predicted octanol–water partition coefficient (Wildman–Crippen LogP) is 0.664. The number of ether oxygens (including phenoxy) is 1. The minimum absolute atomic E-state index is 0. The summed E-state index contributed by atoms with van der Waals surface area (Å²) >= 11 is 1.75. The van der Waals surface area contributed by atoms with Gasteiger partial charge in [0.2, 0.25) is 5.91 Å². The van der Waals surface area contributed by atoms with Crippen LogP contribution in [0.3, 0.4) is 0 Å². The van der Waals surface area contributed by atoms with Crippen molar-refractivity contribution in [2.75, 3.05) is 72.6 Å². The zero-order chi connectivity index (χ0) is 19.1. The topological polar surface area (TPSA) is 73.3 Å². The summed E-state index contributed by atoms with van der Waals surface area (Å²) in [7, 11) is 1.82. The zero-order valence-electron chi connectivity index (χ0n) is 16.7. The molecule has 0 saturated carbocycles. The fourth-order valence-corrected chi connectivity index (χ4v) is 4.14. The smallest absolute Gasteiger partial charge is 0.236 e. The lowest BCUT2D eigenvalue weighted by Gasteiger charge is -2.37. The molecular weight excluding hydrogens is 491 g/mol. The number of morpholine rings is 1. The van der Waals surface area contributed by atoms with Gasteiger partial charge < -0.3 is 19.9 Å². The molecular formula is C18H31IN6O2S. The number of guanidine groups is 1. The Morgan fingerprint density at radius 1 is 1.21 bits per heavy atom. The molecule has 0 unspecified atom stereocenters. The van der Waals surface area contributed by atoms with Gasteiger partial charge in [-0.15, -0.1) is 35.3 Å². The van der Waals surface area contributed by atoms with Gasteiger partial charge in [-0.05, 0) is 6.92 Å². The quantitative estimate of drug-likeness (QED) is 0.348. The zero-order valence-corrected chi connectivity index (χ0v) is 19.9. The maximum absolute atomic E-state index is 12.4. The molecule has 2 fully saturated rings. The number of nitrogens with one attached hydrogen (secondary N) is 1. The van der Waals surface area contributed by atoms with Crippen molar-refractivity contribution in [3.63, 3.8) is 0 Å². The van der Waals surface area contributed by atoms with Gasteiger partial charge >= 0.3 is 0 Å². The number of thiazole rings is 1. The third kappa shape index (κ3) is 6.82. The van der Waals surface area contributed by atoms with E-state index in [0.29, 0.717) is 32.8 Å². The molecule has 0 radical (unpaired) electrons. The summed E-state index contributed by atoms with van der Waals surface area (Å²) in [5.41, 5.74) is 0. The molecule has 28 heavy (non-hydrogen) atoms. The highest BCUT2D eigenvalue weighted by Gasteiger charge is 2.24. The molecule has 0 aromatic carbocycles. The summed E-state index contributed by atoms with van der Waals surface area (Å²) in [4.78, 5) is 28.9. The molecule has 0 spiro atoms. The van der Waals surface area contributed by atoms with Gasteiger partial charge in [-0.1, -0.05) is 0 Å². The highest BCUT2D eigenvalue weighted by atomic mass is 127. The molecule has 3 heterocycles. The van der Waals surface area contributed by atoms with E-state index in [9.17, 15) is 4.79 Å². The number of aromatic nitrogens is 1. The number of rotatable bonds is 5. The van der Waals surface area contributed by atoms with E-state index in [1.54, 1.807) is 11.3 Å². The van der Waals surface area contributed by atoms with Crippen molar-refractivity contribution in [2.24, 2.45) is 4.99 Å². The van der Waals surface area contributed by atoms with Crippen LogP contribution >= 0.6 is 35.3 Å². The molecule has 1 amide bonds. The lowest BCUT2D eigenvalue weighted by atomic mass is 10.3. The highest BCUT2D eigenvalue weighted by molar-refractivity contribution is 14.0. The summed E-state index contributed by atoms with van der Waals surface area (Å²) in [6, 6.07) is 0. The Morgan fingerprint density at radius 3 is 2.54 bits per heavy atom. The number of halogens is 1. The Balaban J connectivity index is 0.00000280. The number of hydrogen-bond donors (Lipinski definition) is 1. The second-order valence-corrected chi connectivity index (χ2v) is 8.16. The molecule has 2 aliphatic heterocycles. The van der Waals surface area contributed by atoms with Crippen molar-refractivity contribution in [3.8, 4) is 0 Å². The van der Waals surface area contributed by atoms with Crippen LogP contribution < -0.4 is 5.32 Å². The van der Waals surface area contributed by atoms with Crippen LogP contribution in [0.2, 0.25) is 0 Å². The summed E-state index contributed by atoms with van der Waals surface area (Å²) in [5.74, 6) is 1.15. The summed E-state index contributed by atoms with van der Waals surface area (Å²) in [5, 5.41) is 4.59. The van der Waals surface area contributed by atoms with Crippen LogP contribution in [0.4, 0.5) is 0 Å². The third-order valence-electron chi connectivity index (χ3n) is 4.90. The van der Waals surface area contributed by atoms with E-state index in [-0.39, 0.29) is 29.9 Å². The molecule has 2 aliphatic rings. The average molecular weight is 522 g/mol. The standard InChI is InChI=1S/C18H30N6O2S.HI/c1-15-13-21-16(27-15)3-4-20-18(19-2)24-7-5-22(6-8-24)14-17(25)23-9-11-26-12-10-23;/h13H,3-12,14H2,1-2H3,(H,19,20);1H. The van der Waals surface area contributed by atoms with Crippen LogP contribution in [-0.2, 0) is 16.0 Å². The van der Waals surface area contributed by atoms with E-state index in [4.69, 9.17) is 4.74 Å². The van der Waals surface area contributed by atoms with Crippen molar-refractivity contribution < 1.29 is 9.53 Å². The fraction of sp³-hybridized carbons (Fsp3) is 0.722. The van der Waals surface area contributed by atoms with Crippen LogP contribution in [0, 0.1) is 6.92 Å². The number of carbonyl (C=O) groups excluding carboxylic acids is 1. The van der Waals surface area contributed by atoms with E-state index < -0.39 is 0 Å². The Morgan fingerprint density at radius 2 is 1.93 bits per heavy atom. The Bertz CT molecular complexity index is 642. The fourth-order valence-electron chi connectivity index (χ4n) is 3.35. The first-order valence-corrected chi connectivity index (χ1v) is 10.4. The normalized spacial score (nSPS) is 18.7. The number of aliphatic imine (C=N–C) groups is 1. The maximum Gasteiger partial charge on any atom is 0.236 e. The molecule has 8 nitrogen and oxygen atoms in total. The van der Waals surface area contributed by atoms with Gasteiger partial charge in [0, 0.05) is 70.4 Å². The average Bonchev–Trinajstić information content (AvgIpc) is 3.12. The lowest BCUT2D eigenvalue weighted by Crippen LogP contribution is -2.55. The number of nitrogens with zero attached hydrogens (tertiary/aromatic N) is 5. The van der Waals surface area contributed by atoms with Crippen molar-refractivity contribution in [1.29, 1.82) is 0 Å². The van der Waals surface area contributed by atoms with Crippen LogP contribution in [0.1, 0.15) is 9.88 Å². The number of amides is 1. The summed E-state index contributed by atoms with van der Waals surface area (Å²) < 4.78 is 5.32. The van der Waals surface area contributed by atoms with Gasteiger partial charge in [-0.2, -0.15) is 0 Å². The minimum Gasteiger partial charge on any atom is -0.378 e. The lowest BCUT2D eigenvalue weighted by molar-refractivity contribution is -0.136. The highest BCUT2D eigenvalue weighted by Crippen LogP contribution is 2.11. The van der Waals surface area contributed by atoms with E-state index in [1.165, 1.54) is 4.88 Å². The van der Waals surface area contributed by atoms with Crippen LogP contribution in [-0.4, -0.2) is 104 Å². The van der Waals surface area contributed by atoms with Crippen LogP contribution in [0.25, 0.3) is 0 Å². The number of carbonyl (C=O) groups is 1. The van der Waals surface area contributed by atoms with Crippen molar-refractivity contribution in [1.82, 2.24) is 25.0 Å². The molecule has 0 bridgehead atoms. The van der Waals surface area contributed by atoms with Gasteiger partial charge in [0.25, 0.3) is 0 Å². The number of piperazine rings is 1. The molecule has 3 rings (SSSR count). The summed E-state index contributed by atoms with van der Waals surface area (Å²) in [6.07, 6.45) is 2.83. The molecule has 1 N–H and O–H groups in total. The Kier molecular flexibility index (Phi) is 9.89. The van der Waals surface area contributed by atoms with Crippen LogP contribution in [0.15, 0.2) is 11.2 Å². The van der Waals surface area contributed by atoms with Crippen LogP contribution in [0.5, 0.6) is 0 Å². The molecule has 1 aromatic rings. The second-order valence-electron chi connectivity index (χ2n) is 6.84. The first-order chi connectivity index (χ1) is 13.2. The summed E-state index contributed by atoms with van der Waals surface area (Å²) in [6.45, 7) is 9.67. The molecule has 0 aliphatic carbocycles. The minimum atomic E-state index is 0. The van der Waals surface area contributed by atoms with Gasteiger partial charge in [0.05, 0.1) is 24.8 Å². The third-order valence-corrected chi connectivity index (χ3v) is 5.87. The van der Waals surface area contributed by atoms with Gasteiger partial charge in [-0.3, -0.25) is 14.7 Å². The molecule has 158 valence electrons. The number of aryl methyl sites for hydroxylation is 1. The van der Waals surface area contributed by atoms with Gasteiger partial charge in [0.15, 0.2) is 5.96 Å². The first kappa shape index (κ1) is 23.3. The monoisotopic (exact) mass is 522 g/mol. The maximum atomic E-state index is 12.4. The molecule has 1 aromatic heterocycles. The SMILES string of the molecule is CN=C(NCCc1ncc(C)s1)N1CCN(CC(=O)N2CCOCC2)CC1.I. The first-order valence-electron chi connectivity index (χ1n) is 9.60. The van der Waals surface area contributed by atoms with Crippen molar-refractivity contribution >= 4 is 47.2 Å². The van der Waals surface area contributed by atoms with Gasteiger partial charge in [0.1, 0.15) is 0 Å². The largest absolute Gasteiger partial charge is 0.378 e. The van der Waals surface area contributed by atoms with E-state index in [1.807, 2.05) is 18.1 Å². The Labute approximate surface area is 188 Å². The van der Waals surface area contributed by atoms with Crippen molar-refractivity contribution in [3.05, 3.63) is 16.1 Å². The second kappa shape index (κ2) is 11.9. The Hall–Kier alpha value is -0.980. The van der Waals surface area contributed by atoms with Gasteiger partial charge in [-0.25, -0.2) is 4.98 Å². The molecule has 10 heteroatoms. The van der Waals surface area contributed by atoms with Crippen molar-refractivity contribution in [2.45, 2.75) is 13.3 Å². The molecule has 0 atom stereocenters. The number of hydrogen-bond acceptors (Lipinski definition) is 6. The molecule has 2 saturated heterocycles. The van der Waals surface area contributed by atoms with E-state index in [0.717, 1.165) is 50.1 Å². The van der Waals surface area contributed by atoms with E-state index >= 15 is 0 Å². The predicted molar refractivity (Wildman–Crippen MR) is 123 cm³/mol. The van der Waals surface area contributed by atoms with E-state index in [2.05, 4.69) is 32.0 Å².